The Morgan fingerprint density at radius 3 is 3.00 bits per heavy atom. The Hall–Kier alpha value is -1.87. The lowest BCUT2D eigenvalue weighted by molar-refractivity contribution is 0.459. The SMILES string of the molecule is NCC1Cc2cccnc2Oc2ccccc21. The number of hydrogen-bond donors (Lipinski definition) is 1. The molecule has 0 amide bonds. The predicted molar refractivity (Wildman–Crippen MR) is 66.3 cm³/mol. The van der Waals surface area contributed by atoms with Gasteiger partial charge in [0.2, 0.25) is 5.88 Å². The third-order valence-corrected chi connectivity index (χ3v) is 3.17. The highest BCUT2D eigenvalue weighted by atomic mass is 16.5. The maximum Gasteiger partial charge on any atom is 0.222 e. The molecule has 1 aromatic carbocycles. The van der Waals surface area contributed by atoms with Crippen molar-refractivity contribution in [2.75, 3.05) is 6.54 Å². The molecular weight excluding hydrogens is 212 g/mol. The summed E-state index contributed by atoms with van der Waals surface area (Å²) in [4.78, 5) is 4.28. The highest BCUT2D eigenvalue weighted by Gasteiger charge is 2.22. The van der Waals surface area contributed by atoms with E-state index in [1.165, 1.54) is 5.56 Å². The van der Waals surface area contributed by atoms with Crippen molar-refractivity contribution in [2.45, 2.75) is 12.3 Å². The molecule has 3 nitrogen and oxygen atoms in total. The number of para-hydroxylation sites is 1. The van der Waals surface area contributed by atoms with Gasteiger partial charge in [0.1, 0.15) is 5.75 Å². The average molecular weight is 226 g/mol. The first-order valence-electron chi connectivity index (χ1n) is 5.79. The first-order chi connectivity index (χ1) is 8.38. The van der Waals surface area contributed by atoms with Gasteiger partial charge in [-0.25, -0.2) is 4.98 Å². The van der Waals surface area contributed by atoms with Gasteiger partial charge in [-0.1, -0.05) is 24.3 Å². The molecule has 1 aliphatic heterocycles. The van der Waals surface area contributed by atoms with Crippen LogP contribution in [0.15, 0.2) is 42.6 Å². The van der Waals surface area contributed by atoms with Crippen molar-refractivity contribution in [1.82, 2.24) is 4.98 Å². The largest absolute Gasteiger partial charge is 0.438 e. The van der Waals surface area contributed by atoms with E-state index in [9.17, 15) is 0 Å². The van der Waals surface area contributed by atoms with Crippen LogP contribution < -0.4 is 10.5 Å². The summed E-state index contributed by atoms with van der Waals surface area (Å²) >= 11 is 0. The molecule has 17 heavy (non-hydrogen) atoms. The standard InChI is InChI=1S/C14H14N2O/c15-9-11-8-10-4-3-7-16-14(10)17-13-6-2-1-5-12(11)13/h1-7,11H,8-9,15H2. The topological polar surface area (TPSA) is 48.1 Å². The molecule has 3 rings (SSSR count). The normalized spacial score (nSPS) is 17.6. The highest BCUT2D eigenvalue weighted by molar-refractivity contribution is 5.44. The monoisotopic (exact) mass is 226 g/mol. The Kier molecular flexibility index (Phi) is 2.53. The summed E-state index contributed by atoms with van der Waals surface area (Å²) in [5, 5.41) is 0. The molecule has 0 radical (unpaired) electrons. The van der Waals surface area contributed by atoms with Crippen LogP contribution in [0, 0.1) is 0 Å². The first kappa shape index (κ1) is 10.3. The summed E-state index contributed by atoms with van der Waals surface area (Å²) in [5.41, 5.74) is 8.17. The molecule has 2 aromatic rings. The first-order valence-corrected chi connectivity index (χ1v) is 5.79. The quantitative estimate of drug-likeness (QED) is 0.812. The van der Waals surface area contributed by atoms with Crippen molar-refractivity contribution < 1.29 is 4.74 Å². The fourth-order valence-electron chi connectivity index (χ4n) is 2.27. The predicted octanol–water partition coefficient (Wildman–Crippen LogP) is 2.47. The van der Waals surface area contributed by atoms with E-state index in [0.717, 1.165) is 17.7 Å². The molecule has 1 atom stereocenters. The minimum Gasteiger partial charge on any atom is -0.438 e. The zero-order valence-electron chi connectivity index (χ0n) is 9.47. The average Bonchev–Trinajstić information content (AvgIpc) is 2.54. The van der Waals surface area contributed by atoms with Gasteiger partial charge in [-0.3, -0.25) is 0 Å². The molecule has 1 unspecified atom stereocenters. The Balaban J connectivity index is 2.13. The molecule has 2 heterocycles. The van der Waals surface area contributed by atoms with Crippen LogP contribution in [0.4, 0.5) is 0 Å². The summed E-state index contributed by atoms with van der Waals surface area (Å²) in [6.45, 7) is 0.620. The highest BCUT2D eigenvalue weighted by Crippen LogP contribution is 2.37. The Labute approximate surface area is 100 Å². The van der Waals surface area contributed by atoms with Gasteiger partial charge in [0, 0.05) is 17.7 Å². The summed E-state index contributed by atoms with van der Waals surface area (Å²) in [7, 11) is 0. The Morgan fingerprint density at radius 1 is 1.24 bits per heavy atom. The summed E-state index contributed by atoms with van der Waals surface area (Å²) in [6.07, 6.45) is 2.64. The molecule has 0 saturated carbocycles. The number of pyridine rings is 1. The van der Waals surface area contributed by atoms with Crippen LogP contribution in [0.3, 0.4) is 0 Å². The van der Waals surface area contributed by atoms with Crippen molar-refractivity contribution in [3.63, 3.8) is 0 Å². The van der Waals surface area contributed by atoms with E-state index >= 15 is 0 Å². The van der Waals surface area contributed by atoms with E-state index in [4.69, 9.17) is 10.5 Å². The van der Waals surface area contributed by atoms with E-state index in [1.807, 2.05) is 24.3 Å². The lowest BCUT2D eigenvalue weighted by atomic mass is 9.93. The van der Waals surface area contributed by atoms with Crippen molar-refractivity contribution >= 4 is 0 Å². The van der Waals surface area contributed by atoms with Gasteiger partial charge in [0.25, 0.3) is 0 Å². The fraction of sp³-hybridized carbons (Fsp3) is 0.214. The number of nitrogens with two attached hydrogens (primary N) is 1. The zero-order valence-corrected chi connectivity index (χ0v) is 9.47. The van der Waals surface area contributed by atoms with E-state index in [2.05, 4.69) is 17.1 Å². The minimum absolute atomic E-state index is 0.302. The number of fused-ring (bicyclic) bond motifs is 2. The van der Waals surface area contributed by atoms with Crippen LogP contribution in [0.2, 0.25) is 0 Å². The Bertz CT molecular complexity index is 539. The van der Waals surface area contributed by atoms with E-state index < -0.39 is 0 Å². The van der Waals surface area contributed by atoms with Crippen molar-refractivity contribution in [1.29, 1.82) is 0 Å². The molecule has 0 fully saturated rings. The van der Waals surface area contributed by atoms with Crippen molar-refractivity contribution in [3.8, 4) is 11.6 Å². The molecule has 0 aliphatic carbocycles. The fourth-order valence-corrected chi connectivity index (χ4v) is 2.27. The number of aromatic nitrogens is 1. The van der Waals surface area contributed by atoms with Gasteiger partial charge >= 0.3 is 0 Å². The number of rotatable bonds is 1. The number of hydrogen-bond acceptors (Lipinski definition) is 3. The number of nitrogens with zero attached hydrogens (tertiary/aromatic N) is 1. The molecular formula is C14H14N2O. The van der Waals surface area contributed by atoms with Crippen LogP contribution in [-0.2, 0) is 6.42 Å². The third kappa shape index (κ3) is 1.78. The maximum atomic E-state index is 5.87. The maximum absolute atomic E-state index is 5.87. The third-order valence-electron chi connectivity index (χ3n) is 3.17. The van der Waals surface area contributed by atoms with Gasteiger partial charge in [0.05, 0.1) is 0 Å². The van der Waals surface area contributed by atoms with Crippen LogP contribution in [0.25, 0.3) is 0 Å². The van der Waals surface area contributed by atoms with Gasteiger partial charge < -0.3 is 10.5 Å². The smallest absolute Gasteiger partial charge is 0.222 e. The molecule has 0 bridgehead atoms. The lowest BCUT2D eigenvalue weighted by Crippen LogP contribution is -2.14. The molecule has 2 N–H and O–H groups in total. The lowest BCUT2D eigenvalue weighted by Gasteiger charge is -2.13. The van der Waals surface area contributed by atoms with E-state index in [1.54, 1.807) is 6.20 Å². The minimum atomic E-state index is 0.302. The molecule has 0 saturated heterocycles. The molecule has 1 aromatic heterocycles. The van der Waals surface area contributed by atoms with Crippen LogP contribution in [0.5, 0.6) is 11.6 Å². The number of ether oxygens (including phenoxy) is 1. The van der Waals surface area contributed by atoms with Crippen molar-refractivity contribution in [3.05, 3.63) is 53.7 Å². The van der Waals surface area contributed by atoms with Gasteiger partial charge in [-0.05, 0) is 30.7 Å². The van der Waals surface area contributed by atoms with Crippen molar-refractivity contribution in [2.24, 2.45) is 5.73 Å². The Morgan fingerprint density at radius 2 is 2.12 bits per heavy atom. The van der Waals surface area contributed by atoms with Gasteiger partial charge in [-0.15, -0.1) is 0 Å². The van der Waals surface area contributed by atoms with E-state index in [-0.39, 0.29) is 0 Å². The summed E-state index contributed by atoms with van der Waals surface area (Å²) < 4.78 is 5.87. The van der Waals surface area contributed by atoms with Crippen LogP contribution in [-0.4, -0.2) is 11.5 Å². The van der Waals surface area contributed by atoms with E-state index in [0.29, 0.717) is 18.3 Å². The molecule has 3 heteroatoms. The summed E-state index contributed by atoms with van der Waals surface area (Å²) in [5.74, 6) is 1.88. The zero-order chi connectivity index (χ0) is 11.7. The number of benzene rings is 1. The van der Waals surface area contributed by atoms with Gasteiger partial charge in [0.15, 0.2) is 0 Å². The second-order valence-corrected chi connectivity index (χ2v) is 4.24. The molecule has 0 spiro atoms. The van der Waals surface area contributed by atoms with Gasteiger partial charge in [-0.2, -0.15) is 0 Å². The van der Waals surface area contributed by atoms with Crippen LogP contribution >= 0.6 is 0 Å². The second kappa shape index (κ2) is 4.18. The summed E-state index contributed by atoms with van der Waals surface area (Å²) in [6, 6.07) is 12.0. The van der Waals surface area contributed by atoms with Crippen LogP contribution in [0.1, 0.15) is 17.0 Å². The molecule has 1 aliphatic rings. The second-order valence-electron chi connectivity index (χ2n) is 4.24. The molecule has 86 valence electrons.